The third-order valence-electron chi connectivity index (χ3n) is 24.5. The molecule has 0 fully saturated rings. The second-order valence-electron chi connectivity index (χ2n) is 33.3. The topological polar surface area (TPSA) is 246 Å². The number of rotatable bonds is 13. The third-order valence-corrected chi connectivity index (χ3v) is 24.5. The lowest BCUT2D eigenvalue weighted by Gasteiger charge is -2.22. The number of nitrogen functional groups attached to an aromatic ring is 2. The molecule has 0 amide bonds. The van der Waals surface area contributed by atoms with Crippen LogP contribution in [0.1, 0.15) is 126 Å². The molecule has 4 heterocycles. The minimum atomic E-state index is -0.970. The predicted molar refractivity (Wildman–Crippen MR) is 552 cm³/mol. The molecule has 0 aromatic heterocycles. The minimum absolute atomic E-state index is 0. The smallest absolute Gasteiger partial charge is 0.338 e. The fourth-order valence-corrected chi connectivity index (χ4v) is 18.2. The van der Waals surface area contributed by atoms with E-state index >= 15 is 0 Å². The van der Waals surface area contributed by atoms with Crippen molar-refractivity contribution < 1.29 is 112 Å². The second-order valence-corrected chi connectivity index (χ2v) is 33.3. The maximum Gasteiger partial charge on any atom is 0.338 e. The first kappa shape index (κ1) is 102. The van der Waals surface area contributed by atoms with Crippen LogP contribution < -0.4 is 122 Å². The van der Waals surface area contributed by atoms with Crippen molar-refractivity contribution in [1.29, 1.82) is 0 Å². The van der Waals surface area contributed by atoms with Gasteiger partial charge in [-0.3, -0.25) is 0 Å². The Labute approximate surface area is 841 Å². The summed E-state index contributed by atoms with van der Waals surface area (Å²) >= 11 is 0. The van der Waals surface area contributed by atoms with Crippen molar-refractivity contribution in [3.05, 3.63) is 449 Å². The summed E-state index contributed by atoms with van der Waals surface area (Å²) in [5, 5.41) is 41.0. The molecule has 4 aliphatic heterocycles. The Balaban J connectivity index is 0.000000146. The number of carboxylic acids is 2. The Morgan fingerprint density at radius 3 is 1.27 bits per heavy atom. The van der Waals surface area contributed by atoms with Gasteiger partial charge in [-0.1, -0.05) is 251 Å². The number of anilines is 3. The number of hydrogen-bond acceptors (Lipinski definition) is 13. The molecule has 16 nitrogen and oxygen atoms in total. The second kappa shape index (κ2) is 45.4. The minimum Gasteiger partial charge on any atom is -1.00 e. The lowest BCUT2D eigenvalue weighted by atomic mass is 9.89. The monoisotopic (exact) mass is 1940 g/mol. The molecule has 0 spiro atoms. The summed E-state index contributed by atoms with van der Waals surface area (Å²) in [7, 11) is 1.38. The Morgan fingerprint density at radius 1 is 0.404 bits per heavy atom. The summed E-state index contributed by atoms with van der Waals surface area (Å²) in [6.45, 7) is 24.1. The predicted octanol–water partition coefficient (Wildman–Crippen LogP) is 9.52. The van der Waals surface area contributed by atoms with E-state index in [2.05, 4.69) is 161 Å². The number of ether oxygens (including phenoxy) is 5. The summed E-state index contributed by atoms with van der Waals surface area (Å²) in [5.74, 6) is 2.26. The lowest BCUT2D eigenvalue weighted by Crippen LogP contribution is -3.00. The number of nitrogens with two attached hydrogens (primary N) is 2. The van der Waals surface area contributed by atoms with Crippen molar-refractivity contribution in [2.45, 2.75) is 54.9 Å². The van der Waals surface area contributed by atoms with Crippen molar-refractivity contribution in [2.75, 3.05) is 43.6 Å². The molecule has 0 atom stereocenters. The highest BCUT2D eigenvalue weighted by molar-refractivity contribution is 6.33. The standard InChI is InChI=1S/C28H30N2O3.C24H20O3.C22H17NO3.C21H15NO3.C20H12.C6H6.4ClH/c1-6-29-23-15-25-21(13-17(23)4)27(19-11-9-10-12-20(19)28(31)32-8-3)22-14-18(5)24(30-7-2)16-26(22)33-25;1-3-15-9-11-19-21(13-15)27-22-14-16(4-2)10-12-20(22)23(19)17-7-5-6-8-18(17)24(25)26;1-13-7-9-17-19(11-13)26-20-12-14(23)8-10-18(20)21(17)15-5-3-4-6-16(15)22(24)25-2;1-12-6-8-16-18(10-12)25-19-11-13(22)7-9-17(19)20(16)14-4-2-3-5-15(14)21(23)24;1-5-13-6-2-11-17-18-12-4-8-14-7-3-10-16(20(14)18)15(9-1)19(13)17;1-2-4-6-5-3-1;;;;/h9-16,29H,6-8H2,1-5H3;3,5-14H,4H2,1-2H3,(H,25,26);3-12H,1,23H2,2H3;2-11H,1,22H2,(H,23,24);1-12H;1-6H;4*1H/p-3/b;15-3+;;;;;;;;. The zero-order valence-corrected chi connectivity index (χ0v) is 81.8. The van der Waals surface area contributed by atoms with Gasteiger partial charge in [0, 0.05) is 113 Å². The average Bonchev–Trinajstić information content (AvgIpc) is 0.711. The fraction of sp³-hybridized carbons (Fsp3) is 0.0992. The van der Waals surface area contributed by atoms with Gasteiger partial charge >= 0.3 is 23.9 Å². The van der Waals surface area contributed by atoms with Crippen molar-refractivity contribution in [2.24, 2.45) is 0 Å². The molecule has 20 heteroatoms. The van der Waals surface area contributed by atoms with Gasteiger partial charge in [-0.15, -0.1) is 0 Å². The number of hydrogen-bond donors (Lipinski definition) is 6. The molecular weight excluding hydrogens is 1840 g/mol. The SMILES string of the molecule is C/C=c1\ccc2c(c1)Oc1cc(CC)ccc1C=2c1ccccc1C(=O)O.C=c1ccc2c(c1)Oc1cc(N)ccc1C=2c1ccccc1C(=O)O.C=c1ccc2c(c1)Oc1cc(N)ccc1C=2c1ccccc1C(=O)OC.CCNc1cc2oc3cc(=[NH+]CC)c(C)cc-3c(-c3ccccc3C(=O)OCC)c2cc1C.[Cl-].[Cl-].[Cl-].[Cl-].c1cc2cccc3c4cccc5cccc(c(c1)c23)c54.c1ccccc1. The van der Waals surface area contributed by atoms with E-state index in [1.54, 1.807) is 48.5 Å². The zero-order chi connectivity index (χ0) is 95.7. The van der Waals surface area contributed by atoms with E-state index in [4.69, 9.17) is 39.6 Å². The Morgan fingerprint density at radius 2 is 0.830 bits per heavy atom. The molecule has 0 saturated heterocycles. The average molecular weight is 1940 g/mol. The highest BCUT2D eigenvalue weighted by Gasteiger charge is 2.30. The number of fused-ring (bicyclic) bond motifs is 10. The molecule has 8 N–H and O–H groups in total. The van der Waals surface area contributed by atoms with Gasteiger partial charge in [-0.2, -0.15) is 0 Å². The zero-order valence-electron chi connectivity index (χ0n) is 78.8. The van der Waals surface area contributed by atoms with E-state index in [1.165, 1.54) is 55.8 Å². The number of esters is 2. The van der Waals surface area contributed by atoms with Crippen LogP contribution >= 0.6 is 0 Å². The van der Waals surface area contributed by atoms with E-state index in [1.807, 2.05) is 208 Å². The molecule has 141 heavy (non-hydrogen) atoms. The van der Waals surface area contributed by atoms with Gasteiger partial charge in [0.05, 0.1) is 42.0 Å². The molecule has 17 aromatic rings. The van der Waals surface area contributed by atoms with E-state index in [-0.39, 0.29) is 72.7 Å². The molecule has 0 bridgehead atoms. The van der Waals surface area contributed by atoms with Crippen LogP contribution in [-0.2, 0) is 15.9 Å². The first-order chi connectivity index (χ1) is 66.6. The van der Waals surface area contributed by atoms with Crippen LogP contribution in [0.5, 0.6) is 34.5 Å². The van der Waals surface area contributed by atoms with Gasteiger partial charge in [0.25, 0.3) is 0 Å². The molecular formula is C121H101Cl4N4O12-3. The molecule has 5 aliphatic rings. The normalized spacial score (nSPS) is 11.6. The number of aryl methyl sites for hydroxylation is 3. The maximum atomic E-state index is 12.9. The number of carbonyl (C=O) groups is 4. The van der Waals surface area contributed by atoms with Crippen molar-refractivity contribution in [3.8, 4) is 56.9 Å². The Bertz CT molecular complexity index is 8240. The largest absolute Gasteiger partial charge is 1.00 e. The lowest BCUT2D eigenvalue weighted by molar-refractivity contribution is -0.496. The molecule has 1 aliphatic carbocycles. The fourth-order valence-electron chi connectivity index (χ4n) is 18.2. The van der Waals surface area contributed by atoms with E-state index in [9.17, 15) is 29.4 Å². The maximum absolute atomic E-state index is 12.9. The number of methoxy groups -OCH3 is 1. The number of benzene rings is 18. The summed E-state index contributed by atoms with van der Waals surface area (Å²) in [5.41, 5.74) is 30.0. The number of aromatic carboxylic acids is 2. The van der Waals surface area contributed by atoms with Gasteiger partial charge in [0.15, 0.2) is 0 Å². The van der Waals surface area contributed by atoms with Gasteiger partial charge in [0.2, 0.25) is 5.36 Å². The molecule has 0 radical (unpaired) electrons. The highest BCUT2D eigenvalue weighted by Crippen LogP contribution is 2.47. The molecule has 17 aromatic carbocycles. The number of nitrogens with one attached hydrogen (secondary N) is 2. The molecule has 708 valence electrons. The first-order valence-corrected chi connectivity index (χ1v) is 45.6. The van der Waals surface area contributed by atoms with Crippen LogP contribution in [0.15, 0.2) is 344 Å². The van der Waals surface area contributed by atoms with Crippen molar-refractivity contribution in [3.63, 3.8) is 0 Å². The summed E-state index contributed by atoms with van der Waals surface area (Å²) in [6.07, 6.45) is 2.93. The highest BCUT2D eigenvalue weighted by atomic mass is 35.5. The van der Waals surface area contributed by atoms with E-state index in [0.29, 0.717) is 63.2 Å². The van der Waals surface area contributed by atoms with Crippen molar-refractivity contribution >= 4 is 131 Å². The Kier molecular flexibility index (Phi) is 32.9. The summed E-state index contributed by atoms with van der Waals surface area (Å²) < 4.78 is 35.1. The molecule has 22 rings (SSSR count). The summed E-state index contributed by atoms with van der Waals surface area (Å²) in [6, 6.07) is 110. The van der Waals surface area contributed by atoms with Gasteiger partial charge < -0.3 is 105 Å². The summed E-state index contributed by atoms with van der Waals surface area (Å²) in [4.78, 5) is 52.1. The molecule has 0 saturated carbocycles. The van der Waals surface area contributed by atoms with Crippen LogP contribution in [0.4, 0.5) is 17.1 Å². The van der Waals surface area contributed by atoms with Gasteiger partial charge in [-0.25, -0.2) is 24.2 Å². The van der Waals surface area contributed by atoms with Crippen LogP contribution in [-0.4, -0.2) is 60.9 Å². The quantitative estimate of drug-likeness (QED) is 0.0272. The van der Waals surface area contributed by atoms with E-state index in [0.717, 1.165) is 157 Å². The van der Waals surface area contributed by atoms with Gasteiger partial charge in [0.1, 0.15) is 52.4 Å². The van der Waals surface area contributed by atoms with Crippen LogP contribution in [0.3, 0.4) is 0 Å². The van der Waals surface area contributed by atoms with Crippen LogP contribution in [0, 0.1) is 13.8 Å². The van der Waals surface area contributed by atoms with E-state index < -0.39 is 11.9 Å². The molecule has 0 unspecified atom stereocenters. The number of carbonyl (C=O) groups excluding carboxylic acids is 2. The van der Waals surface area contributed by atoms with Gasteiger partial charge in [-0.05, 0) is 231 Å². The van der Waals surface area contributed by atoms with Crippen LogP contribution in [0.2, 0.25) is 0 Å². The Hall–Kier alpha value is -16.2. The third kappa shape index (κ3) is 21.1. The number of halogens is 4. The van der Waals surface area contributed by atoms with Crippen molar-refractivity contribution in [1.82, 2.24) is 0 Å². The van der Waals surface area contributed by atoms with Crippen LogP contribution in [0.25, 0.3) is 112 Å². The first-order valence-electron chi connectivity index (χ1n) is 45.6. The number of carboxylic acid groups (broad SMARTS) is 2.